The first-order valence-corrected chi connectivity index (χ1v) is 7.44. The number of hydrogen-bond donors (Lipinski definition) is 2. The average Bonchev–Trinajstić information content (AvgIpc) is 2.36. The van der Waals surface area contributed by atoms with E-state index in [-0.39, 0.29) is 18.4 Å². The molecule has 1 saturated carbocycles. The van der Waals surface area contributed by atoms with Gasteiger partial charge in [-0.25, -0.2) is 0 Å². The first-order chi connectivity index (χ1) is 8.91. The topological polar surface area (TPSA) is 66.4 Å². The maximum atomic E-state index is 12.1. The third kappa shape index (κ3) is 4.22. The molecule has 1 fully saturated rings. The van der Waals surface area contributed by atoms with Gasteiger partial charge in [0.15, 0.2) is 0 Å². The van der Waals surface area contributed by atoms with E-state index in [1.54, 1.807) is 0 Å². The van der Waals surface area contributed by atoms with Crippen molar-refractivity contribution in [2.75, 3.05) is 0 Å². The predicted molar refractivity (Wildman–Crippen MR) is 74.8 cm³/mol. The molecule has 0 aromatic rings. The second kappa shape index (κ2) is 6.92. The minimum atomic E-state index is -0.822. The van der Waals surface area contributed by atoms with Gasteiger partial charge in [-0.05, 0) is 25.2 Å². The van der Waals surface area contributed by atoms with Crippen molar-refractivity contribution in [1.29, 1.82) is 0 Å². The summed E-state index contributed by atoms with van der Waals surface area (Å²) >= 11 is 0. The van der Waals surface area contributed by atoms with Gasteiger partial charge in [-0.2, -0.15) is 0 Å². The zero-order valence-electron chi connectivity index (χ0n) is 12.4. The number of amides is 1. The highest BCUT2D eigenvalue weighted by atomic mass is 16.4. The first kappa shape index (κ1) is 16.0. The van der Waals surface area contributed by atoms with Crippen LogP contribution in [0.25, 0.3) is 0 Å². The molecular formula is C15H27NO3. The van der Waals surface area contributed by atoms with Crippen molar-refractivity contribution in [3.63, 3.8) is 0 Å². The van der Waals surface area contributed by atoms with Crippen molar-refractivity contribution in [3.05, 3.63) is 0 Å². The molecule has 1 amide bonds. The summed E-state index contributed by atoms with van der Waals surface area (Å²) in [7, 11) is 0. The highest BCUT2D eigenvalue weighted by molar-refractivity contribution is 5.85. The van der Waals surface area contributed by atoms with E-state index < -0.39 is 11.4 Å². The summed E-state index contributed by atoms with van der Waals surface area (Å²) in [5.74, 6) is -0.536. The fraction of sp³-hybridized carbons (Fsp3) is 0.867. The average molecular weight is 269 g/mol. The highest BCUT2D eigenvalue weighted by Crippen LogP contribution is 2.39. The Balaban J connectivity index is 2.64. The van der Waals surface area contributed by atoms with Crippen LogP contribution in [-0.2, 0) is 9.59 Å². The van der Waals surface area contributed by atoms with Crippen LogP contribution >= 0.6 is 0 Å². The van der Waals surface area contributed by atoms with Crippen LogP contribution in [0.15, 0.2) is 0 Å². The molecule has 1 rings (SSSR count). The number of carbonyl (C=O) groups excluding carboxylic acids is 1. The Hall–Kier alpha value is -1.06. The number of carboxylic acid groups (broad SMARTS) is 1. The van der Waals surface area contributed by atoms with Crippen molar-refractivity contribution in [2.24, 2.45) is 11.3 Å². The minimum Gasteiger partial charge on any atom is -0.481 e. The Labute approximate surface area is 116 Å². The molecule has 0 radical (unpaired) electrons. The highest BCUT2D eigenvalue weighted by Gasteiger charge is 2.41. The number of aliphatic carboxylic acids is 1. The van der Waals surface area contributed by atoms with Gasteiger partial charge in [0.2, 0.25) is 5.91 Å². The molecule has 1 unspecified atom stereocenters. The van der Waals surface area contributed by atoms with E-state index in [0.717, 1.165) is 25.7 Å². The molecule has 2 N–H and O–H groups in total. The van der Waals surface area contributed by atoms with Crippen LogP contribution < -0.4 is 5.32 Å². The molecule has 0 bridgehead atoms. The number of carboxylic acids is 1. The van der Waals surface area contributed by atoms with Gasteiger partial charge in [0.1, 0.15) is 0 Å². The van der Waals surface area contributed by atoms with Gasteiger partial charge in [0.25, 0.3) is 0 Å². The lowest BCUT2D eigenvalue weighted by Crippen LogP contribution is -2.43. The van der Waals surface area contributed by atoms with Gasteiger partial charge < -0.3 is 10.4 Å². The van der Waals surface area contributed by atoms with Crippen LogP contribution in [0.4, 0.5) is 0 Å². The monoisotopic (exact) mass is 269 g/mol. The van der Waals surface area contributed by atoms with Crippen molar-refractivity contribution in [3.8, 4) is 0 Å². The molecule has 0 saturated heterocycles. The molecule has 1 aliphatic carbocycles. The summed E-state index contributed by atoms with van der Waals surface area (Å²) in [4.78, 5) is 23.6. The zero-order chi connectivity index (χ0) is 14.5. The van der Waals surface area contributed by atoms with E-state index in [1.165, 1.54) is 0 Å². The molecule has 0 spiro atoms. The molecule has 0 aromatic carbocycles. The number of hydrogen-bond acceptors (Lipinski definition) is 2. The molecule has 0 aliphatic heterocycles. The predicted octanol–water partition coefficient (Wildman–Crippen LogP) is 2.96. The summed E-state index contributed by atoms with van der Waals surface area (Å²) in [5, 5.41) is 12.4. The smallest absolute Gasteiger partial charge is 0.310 e. The lowest BCUT2D eigenvalue weighted by Gasteiger charge is -2.33. The van der Waals surface area contributed by atoms with Crippen LogP contribution in [0.2, 0.25) is 0 Å². The second-order valence-corrected chi connectivity index (χ2v) is 6.15. The Morgan fingerprint density at radius 1 is 1.21 bits per heavy atom. The van der Waals surface area contributed by atoms with Gasteiger partial charge in [0.05, 0.1) is 5.41 Å². The molecule has 19 heavy (non-hydrogen) atoms. The summed E-state index contributed by atoms with van der Waals surface area (Å²) in [6.07, 6.45) is 5.19. The Morgan fingerprint density at radius 2 is 1.79 bits per heavy atom. The normalized spacial score (nSPS) is 20.0. The van der Waals surface area contributed by atoms with Gasteiger partial charge >= 0.3 is 5.97 Å². The summed E-state index contributed by atoms with van der Waals surface area (Å²) < 4.78 is 0. The molecule has 0 aromatic heterocycles. The molecule has 1 aliphatic rings. The van der Waals surface area contributed by atoms with Crippen LogP contribution in [0.3, 0.4) is 0 Å². The van der Waals surface area contributed by atoms with Crippen LogP contribution in [0.5, 0.6) is 0 Å². The van der Waals surface area contributed by atoms with Crippen molar-refractivity contribution in [2.45, 2.75) is 71.8 Å². The first-order valence-electron chi connectivity index (χ1n) is 7.44. The molecule has 110 valence electrons. The number of carbonyl (C=O) groups is 2. The van der Waals surface area contributed by atoms with E-state index in [0.29, 0.717) is 18.8 Å². The standard InChI is InChI=1S/C15H27NO3/c1-4-12(11(2)3)16-13(17)10-15(14(18)19)8-6-5-7-9-15/h11-12H,4-10H2,1-3H3,(H,16,17)(H,18,19). The van der Waals surface area contributed by atoms with E-state index in [9.17, 15) is 14.7 Å². The van der Waals surface area contributed by atoms with E-state index >= 15 is 0 Å². The fourth-order valence-corrected chi connectivity index (χ4v) is 3.00. The summed E-state index contributed by atoms with van der Waals surface area (Å²) in [6, 6.07) is 0.141. The fourth-order valence-electron chi connectivity index (χ4n) is 3.00. The summed E-state index contributed by atoms with van der Waals surface area (Å²) in [6.45, 7) is 6.18. The lowest BCUT2D eigenvalue weighted by atomic mass is 9.71. The number of rotatable bonds is 6. The maximum absolute atomic E-state index is 12.1. The van der Waals surface area contributed by atoms with Gasteiger partial charge in [-0.1, -0.05) is 40.0 Å². The quantitative estimate of drug-likeness (QED) is 0.779. The maximum Gasteiger partial charge on any atom is 0.310 e. The SMILES string of the molecule is CCC(NC(=O)CC1(C(=O)O)CCCCC1)C(C)C. The largest absolute Gasteiger partial charge is 0.481 e. The summed E-state index contributed by atoms with van der Waals surface area (Å²) in [5.41, 5.74) is -0.822. The molecule has 0 heterocycles. The zero-order valence-corrected chi connectivity index (χ0v) is 12.4. The van der Waals surface area contributed by atoms with Gasteiger partial charge in [0, 0.05) is 12.5 Å². The Bertz CT molecular complexity index is 319. The Morgan fingerprint density at radius 3 is 2.21 bits per heavy atom. The van der Waals surface area contributed by atoms with Gasteiger partial charge in [-0.3, -0.25) is 9.59 Å². The van der Waals surface area contributed by atoms with E-state index in [2.05, 4.69) is 19.2 Å². The van der Waals surface area contributed by atoms with Gasteiger partial charge in [-0.15, -0.1) is 0 Å². The molecule has 4 heteroatoms. The van der Waals surface area contributed by atoms with Crippen LogP contribution in [0.1, 0.15) is 65.7 Å². The third-order valence-electron chi connectivity index (χ3n) is 4.35. The molecular weight excluding hydrogens is 242 g/mol. The van der Waals surface area contributed by atoms with Crippen molar-refractivity contribution >= 4 is 11.9 Å². The van der Waals surface area contributed by atoms with Crippen molar-refractivity contribution < 1.29 is 14.7 Å². The lowest BCUT2D eigenvalue weighted by molar-refractivity contribution is -0.154. The minimum absolute atomic E-state index is 0.107. The van der Waals surface area contributed by atoms with Crippen LogP contribution in [0, 0.1) is 11.3 Å². The third-order valence-corrected chi connectivity index (χ3v) is 4.35. The second-order valence-electron chi connectivity index (χ2n) is 6.15. The van der Waals surface area contributed by atoms with E-state index in [4.69, 9.17) is 0 Å². The molecule has 1 atom stereocenters. The van der Waals surface area contributed by atoms with E-state index in [1.807, 2.05) is 6.92 Å². The Kier molecular flexibility index (Phi) is 5.83. The van der Waals surface area contributed by atoms with Crippen molar-refractivity contribution in [1.82, 2.24) is 5.32 Å². The molecule has 4 nitrogen and oxygen atoms in total. The number of nitrogens with one attached hydrogen (secondary N) is 1. The van der Waals surface area contributed by atoms with Crippen LogP contribution in [-0.4, -0.2) is 23.0 Å².